The molecule has 1 aromatic rings. The molecule has 0 aliphatic heterocycles. The number of halogens is 3. The van der Waals surface area contributed by atoms with Crippen LogP contribution in [0.15, 0.2) is 5.03 Å². The Balaban J connectivity index is 2.45. The number of nitriles is 1. The third-order valence-corrected chi connectivity index (χ3v) is 5.49. The molecule has 0 fully saturated rings. The summed E-state index contributed by atoms with van der Waals surface area (Å²) in [6.45, 7) is 4.75. The lowest BCUT2D eigenvalue weighted by Gasteiger charge is -2.20. The lowest BCUT2D eigenvalue weighted by atomic mass is 9.97. The Labute approximate surface area is 155 Å². The van der Waals surface area contributed by atoms with E-state index < -0.39 is 17.3 Å². The van der Waals surface area contributed by atoms with Crippen LogP contribution in [0.25, 0.3) is 0 Å². The fraction of sp³-hybridized carbons (Fsp3) is 0.611. The molecule has 0 saturated carbocycles. The minimum atomic E-state index is -4.61. The highest BCUT2D eigenvalue weighted by molar-refractivity contribution is 8.00. The minimum Gasteiger partial charge on any atom is -0.343 e. The van der Waals surface area contributed by atoms with Crippen LogP contribution >= 0.6 is 11.8 Å². The Morgan fingerprint density at radius 3 is 2.46 bits per heavy atom. The average molecular weight is 385 g/mol. The molecule has 1 aliphatic carbocycles. The van der Waals surface area contributed by atoms with E-state index in [2.05, 4.69) is 4.98 Å². The summed E-state index contributed by atoms with van der Waals surface area (Å²) < 4.78 is 41.1. The zero-order chi connectivity index (χ0) is 19.3. The van der Waals surface area contributed by atoms with Crippen LogP contribution in [0.1, 0.15) is 55.5 Å². The number of carbonyl (C=O) groups is 1. The van der Waals surface area contributed by atoms with Crippen molar-refractivity contribution in [2.45, 2.75) is 57.2 Å². The van der Waals surface area contributed by atoms with Gasteiger partial charge in [0.05, 0.1) is 16.9 Å². The Morgan fingerprint density at radius 1 is 1.23 bits per heavy atom. The van der Waals surface area contributed by atoms with Gasteiger partial charge in [-0.1, -0.05) is 18.2 Å². The van der Waals surface area contributed by atoms with E-state index in [1.165, 1.54) is 0 Å². The lowest BCUT2D eigenvalue weighted by Crippen LogP contribution is -2.32. The van der Waals surface area contributed by atoms with E-state index in [9.17, 15) is 23.2 Å². The zero-order valence-electron chi connectivity index (χ0n) is 14.9. The summed E-state index contributed by atoms with van der Waals surface area (Å²) in [5, 5.41) is 9.42. The Morgan fingerprint density at radius 2 is 1.88 bits per heavy atom. The quantitative estimate of drug-likeness (QED) is 0.563. The Hall–Kier alpha value is -1.75. The highest BCUT2D eigenvalue weighted by Crippen LogP contribution is 2.40. The topological polar surface area (TPSA) is 57.0 Å². The fourth-order valence-electron chi connectivity index (χ4n) is 3.21. The van der Waals surface area contributed by atoms with Crippen LogP contribution in [0.3, 0.4) is 0 Å². The SMILES string of the molecule is CCN(CC)C(=O)CSc1nc2c(c(C(F)(F)F)c1C#N)CCCCC2. The second kappa shape index (κ2) is 8.76. The molecule has 8 heteroatoms. The van der Waals surface area contributed by atoms with E-state index in [-0.39, 0.29) is 28.7 Å². The molecule has 0 aromatic carbocycles. The normalized spacial score (nSPS) is 14.3. The maximum Gasteiger partial charge on any atom is 0.418 e. The van der Waals surface area contributed by atoms with E-state index in [1.54, 1.807) is 11.0 Å². The highest BCUT2D eigenvalue weighted by atomic mass is 32.2. The van der Waals surface area contributed by atoms with Crippen molar-refractivity contribution in [3.63, 3.8) is 0 Å². The number of pyridine rings is 1. The van der Waals surface area contributed by atoms with Crippen molar-refractivity contribution in [3.05, 3.63) is 22.4 Å². The van der Waals surface area contributed by atoms with Crippen LogP contribution in [0, 0.1) is 11.3 Å². The second-order valence-electron chi connectivity index (χ2n) is 6.12. The smallest absolute Gasteiger partial charge is 0.343 e. The molecular formula is C18H22F3N3OS. The predicted octanol–water partition coefficient (Wildman–Crippen LogP) is 4.20. The third kappa shape index (κ3) is 4.50. The molecule has 1 amide bonds. The van der Waals surface area contributed by atoms with Crippen LogP contribution in [0.4, 0.5) is 13.2 Å². The summed E-state index contributed by atoms with van der Waals surface area (Å²) in [6.07, 6.45) is -1.56. The first kappa shape index (κ1) is 20.6. The van der Waals surface area contributed by atoms with Gasteiger partial charge in [0.25, 0.3) is 0 Å². The van der Waals surface area contributed by atoms with Crippen molar-refractivity contribution in [2.75, 3.05) is 18.8 Å². The molecule has 0 N–H and O–H groups in total. The molecule has 4 nitrogen and oxygen atoms in total. The molecule has 1 aromatic heterocycles. The predicted molar refractivity (Wildman–Crippen MR) is 93.9 cm³/mol. The summed E-state index contributed by atoms with van der Waals surface area (Å²) in [5.41, 5.74) is -0.724. The molecule has 1 aliphatic rings. The molecule has 1 heterocycles. The van der Waals surface area contributed by atoms with E-state index in [4.69, 9.17) is 0 Å². The summed E-state index contributed by atoms with van der Waals surface area (Å²) in [4.78, 5) is 18.2. The van der Waals surface area contributed by atoms with Gasteiger partial charge in [-0.2, -0.15) is 18.4 Å². The number of carbonyl (C=O) groups excluding carboxylic acids is 1. The number of alkyl halides is 3. The molecule has 26 heavy (non-hydrogen) atoms. The third-order valence-electron chi connectivity index (χ3n) is 4.53. The number of rotatable bonds is 5. The van der Waals surface area contributed by atoms with Crippen molar-refractivity contribution in [2.24, 2.45) is 0 Å². The van der Waals surface area contributed by atoms with Gasteiger partial charge in [-0.05, 0) is 45.1 Å². The number of hydrogen-bond acceptors (Lipinski definition) is 4. The van der Waals surface area contributed by atoms with Gasteiger partial charge in [0.15, 0.2) is 0 Å². The molecular weight excluding hydrogens is 363 g/mol. The maximum atomic E-state index is 13.7. The molecule has 0 unspecified atom stereocenters. The molecule has 0 spiro atoms. The molecule has 0 radical (unpaired) electrons. The van der Waals surface area contributed by atoms with Gasteiger partial charge in [-0.15, -0.1) is 0 Å². The fourth-order valence-corrected chi connectivity index (χ4v) is 4.12. The molecule has 2 rings (SSSR count). The van der Waals surface area contributed by atoms with Gasteiger partial charge in [0, 0.05) is 18.8 Å². The monoisotopic (exact) mass is 385 g/mol. The van der Waals surface area contributed by atoms with Gasteiger partial charge in [-0.25, -0.2) is 4.98 Å². The number of hydrogen-bond donors (Lipinski definition) is 0. The van der Waals surface area contributed by atoms with Crippen molar-refractivity contribution in [1.82, 2.24) is 9.88 Å². The number of aromatic nitrogens is 1. The van der Waals surface area contributed by atoms with Crippen molar-refractivity contribution < 1.29 is 18.0 Å². The largest absolute Gasteiger partial charge is 0.418 e. The number of amides is 1. The second-order valence-corrected chi connectivity index (χ2v) is 7.08. The summed E-state index contributed by atoms with van der Waals surface area (Å²) in [6, 6.07) is 1.69. The van der Waals surface area contributed by atoms with Crippen LogP contribution in [-0.4, -0.2) is 34.6 Å². The Kier molecular flexibility index (Phi) is 6.93. The van der Waals surface area contributed by atoms with Gasteiger partial charge >= 0.3 is 6.18 Å². The van der Waals surface area contributed by atoms with Crippen LogP contribution in [-0.2, 0) is 23.8 Å². The summed E-state index contributed by atoms with van der Waals surface area (Å²) >= 11 is 0.924. The first-order valence-corrected chi connectivity index (χ1v) is 9.75. The molecule has 0 bridgehead atoms. The molecule has 0 saturated heterocycles. The lowest BCUT2D eigenvalue weighted by molar-refractivity contribution is -0.138. The highest BCUT2D eigenvalue weighted by Gasteiger charge is 2.39. The van der Waals surface area contributed by atoms with Crippen molar-refractivity contribution >= 4 is 17.7 Å². The number of nitrogens with zero attached hydrogens (tertiary/aromatic N) is 3. The summed E-state index contributed by atoms with van der Waals surface area (Å²) in [5.74, 6) is -0.200. The van der Waals surface area contributed by atoms with E-state index in [0.29, 0.717) is 31.6 Å². The maximum absolute atomic E-state index is 13.7. The zero-order valence-corrected chi connectivity index (χ0v) is 15.8. The van der Waals surface area contributed by atoms with Gasteiger partial charge < -0.3 is 4.90 Å². The van der Waals surface area contributed by atoms with Gasteiger partial charge in [-0.3, -0.25) is 4.79 Å². The molecule has 142 valence electrons. The number of thioether (sulfide) groups is 1. The van der Waals surface area contributed by atoms with Crippen molar-refractivity contribution in [3.8, 4) is 6.07 Å². The van der Waals surface area contributed by atoms with Crippen molar-refractivity contribution in [1.29, 1.82) is 5.26 Å². The van der Waals surface area contributed by atoms with Crippen LogP contribution in [0.5, 0.6) is 0 Å². The molecule has 0 atom stereocenters. The van der Waals surface area contributed by atoms with Gasteiger partial charge in [0.1, 0.15) is 11.1 Å². The number of aryl methyl sites for hydroxylation is 1. The van der Waals surface area contributed by atoms with E-state index >= 15 is 0 Å². The minimum absolute atomic E-state index is 0.0148. The van der Waals surface area contributed by atoms with E-state index in [1.807, 2.05) is 13.8 Å². The van der Waals surface area contributed by atoms with E-state index in [0.717, 1.165) is 24.6 Å². The number of fused-ring (bicyclic) bond motifs is 1. The standard InChI is InChI=1S/C18H22F3N3OS/c1-3-24(4-2)15(25)11-26-17-13(10-22)16(18(19,20)21)12-8-6-5-7-9-14(12)23-17/h3-9,11H2,1-2H3. The first-order valence-electron chi connectivity index (χ1n) is 8.77. The summed E-state index contributed by atoms with van der Waals surface area (Å²) in [7, 11) is 0. The van der Waals surface area contributed by atoms with Crippen LogP contribution < -0.4 is 0 Å². The average Bonchev–Trinajstić information content (AvgIpc) is 2.83. The van der Waals surface area contributed by atoms with Gasteiger partial charge in [0.2, 0.25) is 5.91 Å². The Bertz CT molecular complexity index is 709. The van der Waals surface area contributed by atoms with Crippen LogP contribution in [0.2, 0.25) is 0 Å². The first-order chi connectivity index (χ1) is 12.3.